The molecule has 0 saturated carbocycles. The number of hydrogen-bond donors (Lipinski definition) is 0. The Morgan fingerprint density at radius 3 is 1.54 bits per heavy atom. The molecule has 141 valence electrons. The van der Waals surface area contributed by atoms with E-state index in [-0.39, 0.29) is 5.78 Å². The highest BCUT2D eigenvalue weighted by Gasteiger charge is 2.17. The first-order chi connectivity index (χ1) is 11.8. The first-order valence-electron chi connectivity index (χ1n) is 10.7. The number of hydrogen-bond acceptors (Lipinski definition) is 2. The molecule has 0 rings (SSSR count). The fourth-order valence-corrected chi connectivity index (χ4v) is 3.20. The average molecular weight is 338 g/mol. The molecule has 2 nitrogen and oxygen atoms in total. The average Bonchev–Trinajstić information content (AvgIpc) is 2.59. The maximum atomic E-state index is 12.1. The highest BCUT2D eigenvalue weighted by atomic mass is 16.1. The van der Waals surface area contributed by atoms with Gasteiger partial charge in [-0.05, 0) is 12.8 Å². The Hall–Kier alpha value is -0.660. The molecule has 0 aromatic heterocycles. The lowest BCUT2D eigenvalue weighted by molar-refractivity contribution is -0.121. The predicted molar refractivity (Wildman–Crippen MR) is 104 cm³/mol. The third-order valence-corrected chi connectivity index (χ3v) is 4.90. The Labute approximate surface area is 151 Å². The molecule has 1 unspecified atom stereocenters. The second-order valence-corrected chi connectivity index (χ2v) is 7.27. The Balaban J connectivity index is 3.52. The molecule has 0 aliphatic heterocycles. The molecular formula is C22H41O2. The maximum Gasteiger partial charge on any atom is 0.209 e. The van der Waals surface area contributed by atoms with Crippen molar-refractivity contribution >= 4 is 12.1 Å². The van der Waals surface area contributed by atoms with Crippen LogP contribution < -0.4 is 0 Å². The van der Waals surface area contributed by atoms with Gasteiger partial charge in [-0.3, -0.25) is 9.59 Å². The van der Waals surface area contributed by atoms with Gasteiger partial charge in [-0.15, -0.1) is 0 Å². The highest BCUT2D eigenvalue weighted by Crippen LogP contribution is 2.16. The van der Waals surface area contributed by atoms with E-state index in [2.05, 4.69) is 13.8 Å². The van der Waals surface area contributed by atoms with Crippen LogP contribution in [-0.4, -0.2) is 12.1 Å². The summed E-state index contributed by atoms with van der Waals surface area (Å²) in [5.41, 5.74) is 0. The second-order valence-electron chi connectivity index (χ2n) is 7.27. The van der Waals surface area contributed by atoms with Crippen molar-refractivity contribution in [2.45, 2.75) is 123 Å². The fraction of sp³-hybridized carbons (Fsp3) is 0.909. The largest absolute Gasteiger partial charge is 0.299 e. The number of Topliss-reactive ketones (excluding diaryl/α,β-unsaturated/α-hetero) is 1. The topological polar surface area (TPSA) is 34.1 Å². The third-order valence-electron chi connectivity index (χ3n) is 4.90. The lowest BCUT2D eigenvalue weighted by Gasteiger charge is -2.08. The van der Waals surface area contributed by atoms with Crippen LogP contribution >= 0.6 is 0 Å². The van der Waals surface area contributed by atoms with E-state index in [1.165, 1.54) is 70.6 Å². The van der Waals surface area contributed by atoms with Gasteiger partial charge in [0.15, 0.2) is 0 Å². The molecule has 0 aromatic carbocycles. The van der Waals surface area contributed by atoms with E-state index in [9.17, 15) is 9.59 Å². The summed E-state index contributed by atoms with van der Waals surface area (Å²) in [5, 5.41) is 0. The van der Waals surface area contributed by atoms with Gasteiger partial charge in [0.25, 0.3) is 0 Å². The fourth-order valence-electron chi connectivity index (χ4n) is 3.20. The lowest BCUT2D eigenvalue weighted by Crippen LogP contribution is -2.15. The first-order valence-corrected chi connectivity index (χ1v) is 10.7. The summed E-state index contributed by atoms with van der Waals surface area (Å²) in [4.78, 5) is 23.1. The van der Waals surface area contributed by atoms with E-state index in [0.717, 1.165) is 25.7 Å². The summed E-state index contributed by atoms with van der Waals surface area (Å²) in [6.45, 7) is 4.45. The summed E-state index contributed by atoms with van der Waals surface area (Å²) in [6.07, 6.45) is 21.8. The quantitative estimate of drug-likeness (QED) is 0.189. The van der Waals surface area contributed by atoms with Gasteiger partial charge in [-0.25, -0.2) is 0 Å². The van der Waals surface area contributed by atoms with Crippen LogP contribution in [0, 0.1) is 5.92 Å². The van der Waals surface area contributed by atoms with E-state index in [1.807, 2.05) is 6.29 Å². The highest BCUT2D eigenvalue weighted by molar-refractivity contribution is 5.93. The maximum absolute atomic E-state index is 12.1. The summed E-state index contributed by atoms with van der Waals surface area (Å²) in [7, 11) is 0. The molecule has 0 fully saturated rings. The molecule has 0 amide bonds. The molecule has 0 N–H and O–H groups in total. The molecular weight excluding hydrogens is 296 g/mol. The minimum Gasteiger partial charge on any atom is -0.299 e. The summed E-state index contributed by atoms with van der Waals surface area (Å²) >= 11 is 0. The van der Waals surface area contributed by atoms with Crippen molar-refractivity contribution in [1.82, 2.24) is 0 Å². The lowest BCUT2D eigenvalue weighted by atomic mass is 9.94. The molecule has 24 heavy (non-hydrogen) atoms. The molecule has 0 aliphatic rings. The zero-order valence-electron chi connectivity index (χ0n) is 16.4. The molecule has 0 saturated heterocycles. The Morgan fingerprint density at radius 2 is 1.08 bits per heavy atom. The molecule has 0 spiro atoms. The Bertz CT molecular complexity index is 286. The van der Waals surface area contributed by atoms with E-state index in [0.29, 0.717) is 12.8 Å². The van der Waals surface area contributed by atoms with Crippen LogP contribution in [0.3, 0.4) is 0 Å². The van der Waals surface area contributed by atoms with Crippen LogP contribution in [0.4, 0.5) is 0 Å². The van der Waals surface area contributed by atoms with Crippen molar-refractivity contribution in [2.24, 2.45) is 5.92 Å². The van der Waals surface area contributed by atoms with Crippen LogP contribution in [0.1, 0.15) is 123 Å². The monoisotopic (exact) mass is 337 g/mol. The minimum absolute atomic E-state index is 0.126. The normalized spacial score (nSPS) is 12.2. The zero-order valence-corrected chi connectivity index (χ0v) is 16.4. The number of unbranched alkanes of at least 4 members (excludes halogenated alkanes) is 13. The molecule has 1 atom stereocenters. The Morgan fingerprint density at radius 1 is 0.667 bits per heavy atom. The minimum atomic E-state index is -0.454. The van der Waals surface area contributed by atoms with Crippen LogP contribution in [0.2, 0.25) is 0 Å². The number of ketones is 1. The number of carbonyl (C=O) groups is 1. The van der Waals surface area contributed by atoms with Gasteiger partial charge in [-0.2, -0.15) is 0 Å². The SMILES string of the molecule is CCCCCCCCCCCC(=O)C([C]=O)CCCCCCCC. The van der Waals surface area contributed by atoms with E-state index in [1.54, 1.807) is 0 Å². The van der Waals surface area contributed by atoms with Crippen LogP contribution in [0.5, 0.6) is 0 Å². The van der Waals surface area contributed by atoms with E-state index >= 15 is 0 Å². The first kappa shape index (κ1) is 23.3. The van der Waals surface area contributed by atoms with Crippen molar-refractivity contribution in [3.05, 3.63) is 0 Å². The molecule has 0 aliphatic carbocycles. The van der Waals surface area contributed by atoms with Gasteiger partial charge in [0, 0.05) is 6.42 Å². The van der Waals surface area contributed by atoms with Crippen molar-refractivity contribution < 1.29 is 9.59 Å². The van der Waals surface area contributed by atoms with Crippen molar-refractivity contribution in [1.29, 1.82) is 0 Å². The number of rotatable bonds is 19. The zero-order chi connectivity index (χ0) is 17.9. The van der Waals surface area contributed by atoms with Gasteiger partial charge in [0.2, 0.25) is 6.29 Å². The van der Waals surface area contributed by atoms with Crippen molar-refractivity contribution in [3.8, 4) is 0 Å². The van der Waals surface area contributed by atoms with E-state index in [4.69, 9.17) is 0 Å². The standard InChI is InChI=1S/C22H41O2/c1-3-5-7-9-11-12-13-15-17-19-22(24)21(20-23)18-16-14-10-8-6-4-2/h21H,3-19H2,1-2H3. The van der Waals surface area contributed by atoms with Gasteiger partial charge in [0.05, 0.1) is 5.92 Å². The van der Waals surface area contributed by atoms with Crippen molar-refractivity contribution in [2.75, 3.05) is 0 Å². The molecule has 1 radical (unpaired) electrons. The molecule has 0 heterocycles. The Kier molecular flexibility index (Phi) is 18.2. The van der Waals surface area contributed by atoms with Crippen LogP contribution in [0.15, 0.2) is 0 Å². The summed E-state index contributed by atoms with van der Waals surface area (Å²) in [5.74, 6) is -0.327. The predicted octanol–water partition coefficient (Wildman–Crippen LogP) is 6.95. The summed E-state index contributed by atoms with van der Waals surface area (Å²) < 4.78 is 0. The molecule has 2 heteroatoms. The van der Waals surface area contributed by atoms with Crippen LogP contribution in [0.25, 0.3) is 0 Å². The van der Waals surface area contributed by atoms with Gasteiger partial charge >= 0.3 is 0 Å². The van der Waals surface area contributed by atoms with Gasteiger partial charge in [-0.1, -0.05) is 104 Å². The van der Waals surface area contributed by atoms with Gasteiger partial charge < -0.3 is 0 Å². The third kappa shape index (κ3) is 14.9. The second kappa shape index (κ2) is 18.7. The summed E-state index contributed by atoms with van der Waals surface area (Å²) in [6, 6.07) is 0. The molecule has 0 bridgehead atoms. The van der Waals surface area contributed by atoms with Gasteiger partial charge in [0.1, 0.15) is 5.78 Å². The van der Waals surface area contributed by atoms with E-state index < -0.39 is 5.92 Å². The smallest absolute Gasteiger partial charge is 0.209 e. The van der Waals surface area contributed by atoms with Crippen molar-refractivity contribution in [3.63, 3.8) is 0 Å². The van der Waals surface area contributed by atoms with Crippen LogP contribution in [-0.2, 0) is 9.59 Å². The molecule has 0 aromatic rings. The number of carbonyl (C=O) groups excluding carboxylic acids is 2.